The minimum atomic E-state index is -0.671. The van der Waals surface area contributed by atoms with Gasteiger partial charge in [-0.15, -0.1) is 0 Å². The van der Waals surface area contributed by atoms with Gasteiger partial charge in [0.05, 0.1) is 0 Å². The molecule has 0 heterocycles. The summed E-state index contributed by atoms with van der Waals surface area (Å²) < 4.78 is 0. The van der Waals surface area contributed by atoms with E-state index in [1.165, 1.54) is 57.8 Å². The van der Waals surface area contributed by atoms with Crippen LogP contribution in [0.15, 0.2) is 12.2 Å². The molecular formula is C18H34O3. The highest BCUT2D eigenvalue weighted by atomic mass is 16.4. The zero-order valence-corrected chi connectivity index (χ0v) is 13.6. The number of hydrogen-bond donors (Lipinski definition) is 2. The Morgan fingerprint density at radius 3 is 1.57 bits per heavy atom. The van der Waals surface area contributed by atoms with Gasteiger partial charge in [0.2, 0.25) is 0 Å². The van der Waals surface area contributed by atoms with Gasteiger partial charge in [-0.2, -0.15) is 0 Å². The van der Waals surface area contributed by atoms with Crippen LogP contribution in [0.2, 0.25) is 0 Å². The summed E-state index contributed by atoms with van der Waals surface area (Å²) in [5, 5.41) is 17.2. The summed E-state index contributed by atoms with van der Waals surface area (Å²) in [6, 6.07) is 0. The molecule has 0 aromatic rings. The molecular weight excluding hydrogens is 264 g/mol. The van der Waals surface area contributed by atoms with E-state index in [1.807, 2.05) is 0 Å². The van der Waals surface area contributed by atoms with Crippen LogP contribution in [-0.2, 0) is 4.79 Å². The standard InChI is InChI=1S/C18H34O3/c19-17-15-13-11-9-7-5-3-1-2-4-6-8-10-12-14-16-18(20)21/h3,5,19H,1-2,4,6-17H2,(H,20,21)/b5-3+. The van der Waals surface area contributed by atoms with Gasteiger partial charge in [0.1, 0.15) is 0 Å². The monoisotopic (exact) mass is 298 g/mol. The second-order valence-electron chi connectivity index (χ2n) is 5.81. The summed E-state index contributed by atoms with van der Waals surface area (Å²) in [5.74, 6) is -0.671. The molecule has 124 valence electrons. The van der Waals surface area contributed by atoms with Crippen molar-refractivity contribution in [3.05, 3.63) is 12.2 Å². The fraction of sp³-hybridized carbons (Fsp3) is 0.833. The molecule has 3 heteroatoms. The van der Waals surface area contributed by atoms with Crippen molar-refractivity contribution in [2.24, 2.45) is 0 Å². The van der Waals surface area contributed by atoms with Crippen LogP contribution in [-0.4, -0.2) is 22.8 Å². The molecule has 0 amide bonds. The molecule has 0 bridgehead atoms. The van der Waals surface area contributed by atoms with Crippen molar-refractivity contribution in [2.75, 3.05) is 6.61 Å². The number of carboxylic acid groups (broad SMARTS) is 1. The van der Waals surface area contributed by atoms with Gasteiger partial charge in [0.25, 0.3) is 0 Å². The van der Waals surface area contributed by atoms with Crippen LogP contribution >= 0.6 is 0 Å². The Morgan fingerprint density at radius 1 is 0.667 bits per heavy atom. The third kappa shape index (κ3) is 19.2. The molecule has 0 atom stereocenters. The van der Waals surface area contributed by atoms with E-state index in [0.717, 1.165) is 25.7 Å². The number of carboxylic acids is 1. The van der Waals surface area contributed by atoms with Gasteiger partial charge in [0.15, 0.2) is 0 Å². The molecule has 21 heavy (non-hydrogen) atoms. The van der Waals surface area contributed by atoms with E-state index >= 15 is 0 Å². The smallest absolute Gasteiger partial charge is 0.303 e. The number of carbonyl (C=O) groups is 1. The number of aliphatic hydroxyl groups is 1. The van der Waals surface area contributed by atoms with Gasteiger partial charge in [-0.25, -0.2) is 0 Å². The number of unbranched alkanes of at least 4 members (excludes halogenated alkanes) is 11. The summed E-state index contributed by atoms with van der Waals surface area (Å²) in [4.78, 5) is 10.3. The van der Waals surface area contributed by atoms with Crippen molar-refractivity contribution in [3.63, 3.8) is 0 Å². The molecule has 3 nitrogen and oxygen atoms in total. The van der Waals surface area contributed by atoms with Crippen LogP contribution in [0.4, 0.5) is 0 Å². The molecule has 0 aliphatic rings. The molecule has 0 saturated carbocycles. The highest BCUT2D eigenvalue weighted by molar-refractivity contribution is 5.66. The first-order chi connectivity index (χ1) is 10.3. The molecule has 0 saturated heterocycles. The number of rotatable bonds is 16. The van der Waals surface area contributed by atoms with Crippen molar-refractivity contribution >= 4 is 5.97 Å². The number of aliphatic carboxylic acids is 1. The Balaban J connectivity index is 3.06. The highest BCUT2D eigenvalue weighted by Crippen LogP contribution is 2.10. The van der Waals surface area contributed by atoms with E-state index in [1.54, 1.807) is 0 Å². The molecule has 0 fully saturated rings. The Bertz CT molecular complexity index is 249. The molecule has 2 N–H and O–H groups in total. The van der Waals surface area contributed by atoms with Crippen molar-refractivity contribution in [3.8, 4) is 0 Å². The Labute approximate surface area is 130 Å². The molecule has 0 rings (SSSR count). The van der Waals surface area contributed by atoms with Crippen LogP contribution in [0.1, 0.15) is 89.9 Å². The lowest BCUT2D eigenvalue weighted by Crippen LogP contribution is -1.93. The number of allylic oxidation sites excluding steroid dienone is 2. The largest absolute Gasteiger partial charge is 0.481 e. The van der Waals surface area contributed by atoms with Crippen LogP contribution in [0.25, 0.3) is 0 Å². The van der Waals surface area contributed by atoms with Crippen molar-refractivity contribution in [1.29, 1.82) is 0 Å². The van der Waals surface area contributed by atoms with Crippen molar-refractivity contribution in [2.45, 2.75) is 89.9 Å². The zero-order valence-electron chi connectivity index (χ0n) is 13.6. The maximum absolute atomic E-state index is 10.3. The molecule has 0 aromatic heterocycles. The van der Waals surface area contributed by atoms with Gasteiger partial charge < -0.3 is 10.2 Å². The van der Waals surface area contributed by atoms with Crippen LogP contribution in [0.5, 0.6) is 0 Å². The normalized spacial score (nSPS) is 11.3. The minimum absolute atomic E-state index is 0.324. The number of aliphatic hydroxyl groups excluding tert-OH is 1. The molecule has 0 radical (unpaired) electrons. The van der Waals surface area contributed by atoms with Gasteiger partial charge in [-0.05, 0) is 38.5 Å². The van der Waals surface area contributed by atoms with E-state index in [9.17, 15) is 4.79 Å². The van der Waals surface area contributed by atoms with Gasteiger partial charge in [-0.3, -0.25) is 4.79 Å². The van der Waals surface area contributed by atoms with Gasteiger partial charge in [0, 0.05) is 13.0 Å². The second kappa shape index (κ2) is 17.2. The first kappa shape index (κ1) is 20.2. The lowest BCUT2D eigenvalue weighted by Gasteiger charge is -2.00. The van der Waals surface area contributed by atoms with E-state index in [4.69, 9.17) is 10.2 Å². The predicted octanol–water partition coefficient (Wildman–Crippen LogP) is 5.08. The average molecular weight is 298 g/mol. The predicted molar refractivity (Wildman–Crippen MR) is 88.5 cm³/mol. The van der Waals surface area contributed by atoms with Crippen molar-refractivity contribution < 1.29 is 15.0 Å². The van der Waals surface area contributed by atoms with Crippen LogP contribution in [0, 0.1) is 0 Å². The van der Waals surface area contributed by atoms with E-state index in [0.29, 0.717) is 13.0 Å². The fourth-order valence-corrected chi connectivity index (χ4v) is 2.39. The molecule has 0 aliphatic carbocycles. The first-order valence-electron chi connectivity index (χ1n) is 8.75. The topological polar surface area (TPSA) is 57.5 Å². The first-order valence-corrected chi connectivity index (χ1v) is 8.75. The molecule has 0 spiro atoms. The zero-order chi connectivity index (χ0) is 15.6. The molecule has 0 aromatic carbocycles. The molecule has 0 unspecified atom stereocenters. The SMILES string of the molecule is O=C(O)CCCCCCCCC/C=C/CCCCCCO. The lowest BCUT2D eigenvalue weighted by atomic mass is 10.1. The fourth-order valence-electron chi connectivity index (χ4n) is 2.39. The molecule has 0 aliphatic heterocycles. The summed E-state index contributed by atoms with van der Waals surface area (Å²) in [5.41, 5.74) is 0. The summed E-state index contributed by atoms with van der Waals surface area (Å²) in [7, 11) is 0. The van der Waals surface area contributed by atoms with Gasteiger partial charge in [-0.1, -0.05) is 57.1 Å². The lowest BCUT2D eigenvalue weighted by molar-refractivity contribution is -0.137. The van der Waals surface area contributed by atoms with E-state index in [-0.39, 0.29) is 0 Å². The summed E-state index contributed by atoms with van der Waals surface area (Å²) >= 11 is 0. The van der Waals surface area contributed by atoms with E-state index < -0.39 is 5.97 Å². The van der Waals surface area contributed by atoms with Crippen LogP contribution in [0.3, 0.4) is 0 Å². The summed E-state index contributed by atoms with van der Waals surface area (Å²) in [6.45, 7) is 0.329. The van der Waals surface area contributed by atoms with Crippen LogP contribution < -0.4 is 0 Å². The minimum Gasteiger partial charge on any atom is -0.481 e. The number of hydrogen-bond acceptors (Lipinski definition) is 2. The Hall–Kier alpha value is -0.830. The second-order valence-corrected chi connectivity index (χ2v) is 5.81. The van der Waals surface area contributed by atoms with Gasteiger partial charge >= 0.3 is 5.97 Å². The summed E-state index contributed by atoms with van der Waals surface area (Å²) in [6.07, 6.45) is 20.0. The third-order valence-corrected chi connectivity index (χ3v) is 3.71. The quantitative estimate of drug-likeness (QED) is 0.308. The maximum atomic E-state index is 10.3. The van der Waals surface area contributed by atoms with E-state index in [2.05, 4.69) is 12.2 Å². The highest BCUT2D eigenvalue weighted by Gasteiger charge is 1.96. The maximum Gasteiger partial charge on any atom is 0.303 e. The third-order valence-electron chi connectivity index (χ3n) is 3.71. The average Bonchev–Trinajstić information content (AvgIpc) is 2.46. The Kier molecular flexibility index (Phi) is 16.5. The Morgan fingerprint density at radius 2 is 1.10 bits per heavy atom. The van der Waals surface area contributed by atoms with Crippen molar-refractivity contribution in [1.82, 2.24) is 0 Å².